The molecule has 1 saturated carbocycles. The highest BCUT2D eigenvalue weighted by Gasteiger charge is 2.32. The third-order valence-electron chi connectivity index (χ3n) is 3.90. The Balaban J connectivity index is 2.16. The smallest absolute Gasteiger partial charge is 0.252 e. The van der Waals surface area contributed by atoms with Gasteiger partial charge in [0, 0.05) is 15.6 Å². The first-order valence-corrected chi connectivity index (χ1v) is 8.00. The topological polar surface area (TPSA) is 52.9 Å². The van der Waals surface area contributed by atoms with Crippen LogP contribution in [0.25, 0.3) is 0 Å². The summed E-state index contributed by atoms with van der Waals surface area (Å²) in [5, 5.41) is 13.3. The van der Waals surface area contributed by atoms with Crippen LogP contribution < -0.4 is 5.32 Å². The summed E-state index contributed by atoms with van der Waals surface area (Å²) >= 11 is 11.8. The molecule has 1 N–H and O–H groups in total. The van der Waals surface area contributed by atoms with Gasteiger partial charge in [0.15, 0.2) is 0 Å². The molecule has 112 valence electrons. The molecule has 1 aliphatic carbocycles. The van der Waals surface area contributed by atoms with Crippen LogP contribution in [0, 0.1) is 11.3 Å². The highest BCUT2D eigenvalue weighted by atomic mass is 35.5. The average molecular weight is 325 g/mol. The van der Waals surface area contributed by atoms with Gasteiger partial charge in [0.2, 0.25) is 0 Å². The molecule has 0 bridgehead atoms. The molecule has 0 unspecified atom stereocenters. The summed E-state index contributed by atoms with van der Waals surface area (Å²) in [7, 11) is 0. The summed E-state index contributed by atoms with van der Waals surface area (Å²) in [5.41, 5.74) is -0.379. The minimum absolute atomic E-state index is 0.290. The first-order valence-electron chi connectivity index (χ1n) is 7.24. The highest BCUT2D eigenvalue weighted by molar-refractivity contribution is 6.35. The van der Waals surface area contributed by atoms with Gasteiger partial charge in [-0.15, -0.1) is 0 Å². The second-order valence-corrected chi connectivity index (χ2v) is 6.45. The second-order valence-electron chi connectivity index (χ2n) is 5.57. The van der Waals surface area contributed by atoms with E-state index >= 15 is 0 Å². The van der Waals surface area contributed by atoms with Crippen molar-refractivity contribution in [2.24, 2.45) is 0 Å². The van der Waals surface area contributed by atoms with E-state index in [9.17, 15) is 10.1 Å². The number of amides is 1. The number of carbonyl (C=O) groups excluding carboxylic acids is 1. The van der Waals surface area contributed by atoms with Crippen molar-refractivity contribution >= 4 is 29.1 Å². The average Bonchev–Trinajstić information content (AvgIpc) is 2.41. The van der Waals surface area contributed by atoms with Crippen LogP contribution in [0.15, 0.2) is 18.2 Å². The van der Waals surface area contributed by atoms with Gasteiger partial charge >= 0.3 is 0 Å². The van der Waals surface area contributed by atoms with E-state index in [-0.39, 0.29) is 5.91 Å². The summed E-state index contributed by atoms with van der Waals surface area (Å²) in [6.07, 6.45) is 6.76. The van der Waals surface area contributed by atoms with E-state index in [2.05, 4.69) is 11.4 Å². The van der Waals surface area contributed by atoms with Crippen molar-refractivity contribution in [1.29, 1.82) is 5.26 Å². The first-order chi connectivity index (χ1) is 10.0. The van der Waals surface area contributed by atoms with Crippen molar-refractivity contribution in [2.75, 3.05) is 0 Å². The molecule has 1 aromatic rings. The maximum Gasteiger partial charge on any atom is 0.252 e. The van der Waals surface area contributed by atoms with E-state index in [0.29, 0.717) is 28.5 Å². The molecular formula is C16H18Cl2N2O. The molecule has 1 aliphatic rings. The van der Waals surface area contributed by atoms with Gasteiger partial charge in [0.1, 0.15) is 5.54 Å². The lowest BCUT2D eigenvalue weighted by molar-refractivity contribution is 0.0907. The van der Waals surface area contributed by atoms with Gasteiger partial charge in [-0.1, -0.05) is 55.3 Å². The molecule has 0 aromatic heterocycles. The minimum Gasteiger partial charge on any atom is -0.334 e. The standard InChI is InChI=1S/C16H18Cl2N2O/c17-13-8-12(9-14(18)10-13)15(21)20-16(11-19)6-4-2-1-3-5-7-16/h8-10H,1-7H2,(H,20,21). The molecule has 0 atom stereocenters. The molecule has 1 amide bonds. The van der Waals surface area contributed by atoms with Gasteiger partial charge in [-0.2, -0.15) is 5.26 Å². The molecular weight excluding hydrogens is 307 g/mol. The molecule has 0 saturated heterocycles. The van der Waals surface area contributed by atoms with Gasteiger partial charge in [0.05, 0.1) is 6.07 Å². The van der Waals surface area contributed by atoms with Crippen molar-refractivity contribution in [3.63, 3.8) is 0 Å². The van der Waals surface area contributed by atoms with E-state index in [1.807, 2.05) is 0 Å². The van der Waals surface area contributed by atoms with E-state index in [1.165, 1.54) is 6.42 Å². The molecule has 2 rings (SSSR count). The third kappa shape index (κ3) is 4.36. The van der Waals surface area contributed by atoms with Crippen LogP contribution >= 0.6 is 23.2 Å². The normalized spacial score (nSPS) is 18.1. The van der Waals surface area contributed by atoms with Gasteiger partial charge in [-0.25, -0.2) is 0 Å². The quantitative estimate of drug-likeness (QED) is 0.854. The molecule has 1 aromatic carbocycles. The van der Waals surface area contributed by atoms with Crippen LogP contribution in [-0.2, 0) is 0 Å². The lowest BCUT2D eigenvalue weighted by Gasteiger charge is -2.29. The SMILES string of the molecule is N#CC1(NC(=O)c2cc(Cl)cc(Cl)c2)CCCCCCC1. The number of nitrogens with zero attached hydrogens (tertiary/aromatic N) is 1. The van der Waals surface area contributed by atoms with Gasteiger partial charge in [-0.3, -0.25) is 4.79 Å². The molecule has 1 fully saturated rings. The number of nitrogens with one attached hydrogen (secondary N) is 1. The third-order valence-corrected chi connectivity index (χ3v) is 4.34. The summed E-state index contributed by atoms with van der Waals surface area (Å²) in [4.78, 5) is 12.4. The molecule has 3 nitrogen and oxygen atoms in total. The molecule has 0 aliphatic heterocycles. The number of halogens is 2. The molecule has 5 heteroatoms. The predicted octanol–water partition coefficient (Wildman–Crippen LogP) is 4.73. The molecule has 0 spiro atoms. The fourth-order valence-electron chi connectivity index (χ4n) is 2.75. The molecule has 0 radical (unpaired) electrons. The van der Waals surface area contributed by atoms with Crippen molar-refractivity contribution in [1.82, 2.24) is 5.32 Å². The Morgan fingerprint density at radius 1 is 1.05 bits per heavy atom. The van der Waals surface area contributed by atoms with Crippen molar-refractivity contribution in [3.8, 4) is 6.07 Å². The Morgan fingerprint density at radius 2 is 1.57 bits per heavy atom. The Hall–Kier alpha value is -1.24. The highest BCUT2D eigenvalue weighted by Crippen LogP contribution is 2.27. The predicted molar refractivity (Wildman–Crippen MR) is 84.6 cm³/mol. The Labute approximate surface area is 135 Å². The molecule has 0 heterocycles. The number of nitriles is 1. The maximum atomic E-state index is 12.4. The van der Waals surface area contributed by atoms with E-state index < -0.39 is 5.54 Å². The summed E-state index contributed by atoms with van der Waals surface area (Å²) in [6, 6.07) is 7.03. The zero-order valence-electron chi connectivity index (χ0n) is 11.8. The van der Waals surface area contributed by atoms with E-state index in [4.69, 9.17) is 23.2 Å². The summed E-state index contributed by atoms with van der Waals surface area (Å²) < 4.78 is 0. The van der Waals surface area contributed by atoms with Crippen molar-refractivity contribution in [2.45, 2.75) is 50.5 Å². The zero-order chi connectivity index (χ0) is 15.3. The van der Waals surface area contributed by atoms with Gasteiger partial charge < -0.3 is 5.32 Å². The number of hydrogen-bond donors (Lipinski definition) is 1. The second kappa shape index (κ2) is 7.15. The van der Waals surface area contributed by atoms with Crippen LogP contribution in [0.4, 0.5) is 0 Å². The fraction of sp³-hybridized carbons (Fsp3) is 0.500. The lowest BCUT2D eigenvalue weighted by Crippen LogP contribution is -2.47. The van der Waals surface area contributed by atoms with Crippen LogP contribution in [0.2, 0.25) is 10.0 Å². The minimum atomic E-state index is -0.772. The van der Waals surface area contributed by atoms with Crippen LogP contribution in [0.5, 0.6) is 0 Å². The Morgan fingerprint density at radius 3 is 2.10 bits per heavy atom. The van der Waals surface area contributed by atoms with Crippen LogP contribution in [0.3, 0.4) is 0 Å². The number of hydrogen-bond acceptors (Lipinski definition) is 2. The fourth-order valence-corrected chi connectivity index (χ4v) is 3.27. The monoisotopic (exact) mass is 324 g/mol. The Bertz CT molecular complexity index is 538. The number of carbonyl (C=O) groups is 1. The largest absolute Gasteiger partial charge is 0.334 e. The maximum absolute atomic E-state index is 12.4. The first kappa shape index (κ1) is 16.1. The van der Waals surface area contributed by atoms with Crippen molar-refractivity contribution in [3.05, 3.63) is 33.8 Å². The lowest BCUT2D eigenvalue weighted by atomic mass is 9.85. The van der Waals surface area contributed by atoms with E-state index in [1.54, 1.807) is 18.2 Å². The summed E-state index contributed by atoms with van der Waals surface area (Å²) in [5.74, 6) is -0.290. The molecule has 21 heavy (non-hydrogen) atoms. The summed E-state index contributed by atoms with van der Waals surface area (Å²) in [6.45, 7) is 0. The van der Waals surface area contributed by atoms with Gasteiger partial charge in [-0.05, 0) is 31.0 Å². The Kier molecular flexibility index (Phi) is 5.50. The van der Waals surface area contributed by atoms with Crippen molar-refractivity contribution < 1.29 is 4.79 Å². The van der Waals surface area contributed by atoms with Crippen LogP contribution in [0.1, 0.15) is 55.3 Å². The number of rotatable bonds is 2. The van der Waals surface area contributed by atoms with Gasteiger partial charge in [0.25, 0.3) is 5.91 Å². The zero-order valence-corrected chi connectivity index (χ0v) is 13.3. The van der Waals surface area contributed by atoms with Crippen LogP contribution in [-0.4, -0.2) is 11.4 Å². The van der Waals surface area contributed by atoms with E-state index in [0.717, 1.165) is 25.7 Å². The number of benzene rings is 1.